The Kier molecular flexibility index (Phi) is 7.47. The number of hydrogen-bond acceptors (Lipinski definition) is 3. The number of alkyl halides is 2. The Morgan fingerprint density at radius 1 is 1.26 bits per heavy atom. The van der Waals surface area contributed by atoms with Crippen LogP contribution in [0.25, 0.3) is 0 Å². The molecule has 3 nitrogen and oxygen atoms in total. The van der Waals surface area contributed by atoms with E-state index in [4.69, 9.17) is 4.43 Å². The third-order valence-corrected chi connectivity index (χ3v) is 6.55. The summed E-state index contributed by atoms with van der Waals surface area (Å²) in [7, 11) is -2.20. The Balaban J connectivity index is 4.67. The van der Waals surface area contributed by atoms with Gasteiger partial charge in [-0.2, -0.15) is 0 Å². The molecule has 0 rings (SSSR count). The topological polar surface area (TPSA) is 44.3 Å². The highest BCUT2D eigenvalue weighted by molar-refractivity contribution is 7.90. The third-order valence-electron chi connectivity index (χ3n) is 2.38. The van der Waals surface area contributed by atoms with E-state index in [-0.39, 0.29) is 12.1 Å². The monoisotopic (exact) mass is 315 g/mol. The van der Waals surface area contributed by atoms with Crippen molar-refractivity contribution in [2.45, 2.75) is 77.1 Å². The minimum atomic E-state index is -2.55. The fourth-order valence-electron chi connectivity index (χ4n) is 1.71. The Hall–Kier alpha value is 0.307. The van der Waals surface area contributed by atoms with Crippen LogP contribution >= 0.6 is 0 Å². The molecule has 116 valence electrons. The molecule has 0 spiro atoms. The maximum absolute atomic E-state index is 13.1. The van der Waals surface area contributed by atoms with Gasteiger partial charge in [-0.1, -0.05) is 0 Å². The third kappa shape index (κ3) is 8.24. The van der Waals surface area contributed by atoms with E-state index in [1.165, 1.54) is 0 Å². The zero-order valence-electron chi connectivity index (χ0n) is 12.9. The molecule has 0 aromatic carbocycles. The van der Waals surface area contributed by atoms with Crippen molar-refractivity contribution in [3.8, 4) is 0 Å². The van der Waals surface area contributed by atoms with Crippen molar-refractivity contribution in [2.24, 2.45) is 0 Å². The molecule has 0 heterocycles. The lowest BCUT2D eigenvalue weighted by Crippen LogP contribution is -2.51. The lowest BCUT2D eigenvalue weighted by molar-refractivity contribution is 0.111. The van der Waals surface area contributed by atoms with Gasteiger partial charge in [0.25, 0.3) is 6.43 Å². The van der Waals surface area contributed by atoms with Gasteiger partial charge in [-0.3, -0.25) is 0 Å². The average molecular weight is 316 g/mol. The van der Waals surface area contributed by atoms with Gasteiger partial charge in [0.15, 0.2) is 8.32 Å². The maximum atomic E-state index is 13.1. The second-order valence-corrected chi connectivity index (χ2v) is 12.7. The van der Waals surface area contributed by atoms with Gasteiger partial charge in [0.1, 0.15) is 10.8 Å². The number of halogens is 2. The summed E-state index contributed by atoms with van der Waals surface area (Å²) in [5.74, 6) is 0. The zero-order valence-corrected chi connectivity index (χ0v) is 14.7. The summed E-state index contributed by atoms with van der Waals surface area (Å²) < 4.78 is 45.9. The minimum absolute atomic E-state index is 0.0214. The van der Waals surface area contributed by atoms with Crippen molar-refractivity contribution in [1.29, 1.82) is 0 Å². The van der Waals surface area contributed by atoms with Gasteiger partial charge in [0.2, 0.25) is 0 Å². The fourth-order valence-corrected chi connectivity index (χ4v) is 5.39. The van der Waals surface area contributed by atoms with E-state index >= 15 is 0 Å². The quantitative estimate of drug-likeness (QED) is 0.579. The Morgan fingerprint density at radius 3 is 2.05 bits per heavy atom. The highest BCUT2D eigenvalue weighted by atomic mass is 32.2. The molecule has 0 aliphatic heterocycles. The molecule has 0 saturated heterocycles. The molecule has 0 fully saturated rings. The Labute approximate surface area is 119 Å². The molecule has 19 heavy (non-hydrogen) atoms. The maximum Gasteiger partial charge on any atom is 0.257 e. The van der Waals surface area contributed by atoms with E-state index in [9.17, 15) is 13.3 Å². The van der Waals surface area contributed by atoms with Crippen molar-refractivity contribution in [3.05, 3.63) is 0 Å². The SMILES string of the molecule is CC(C)O[Si](C)(C)C[C@H](N[S@@+]([O-])C(C)(C)C)C(F)F. The molecule has 7 heteroatoms. The summed E-state index contributed by atoms with van der Waals surface area (Å²) in [6, 6.07) is -0.842. The lowest BCUT2D eigenvalue weighted by atomic mass is 10.3. The van der Waals surface area contributed by atoms with Crippen LogP contribution in [0.4, 0.5) is 8.78 Å². The first-order chi connectivity index (χ1) is 8.35. The molecule has 0 bridgehead atoms. The van der Waals surface area contributed by atoms with E-state index in [2.05, 4.69) is 4.72 Å². The first kappa shape index (κ1) is 19.3. The summed E-state index contributed by atoms with van der Waals surface area (Å²) in [5, 5.41) is 0. The molecular weight excluding hydrogens is 288 g/mol. The second kappa shape index (κ2) is 7.35. The first-order valence-corrected chi connectivity index (χ1v) is 10.8. The summed E-state index contributed by atoms with van der Waals surface area (Å²) in [6.07, 6.45) is -2.53. The summed E-state index contributed by atoms with van der Waals surface area (Å²) in [6.45, 7) is 12.9. The van der Waals surface area contributed by atoms with Gasteiger partial charge >= 0.3 is 0 Å². The smallest absolute Gasteiger partial charge is 0.257 e. The van der Waals surface area contributed by atoms with Crippen molar-refractivity contribution < 1.29 is 17.8 Å². The molecular formula is C12H27F2NO2SSi. The van der Waals surface area contributed by atoms with Crippen LogP contribution in [-0.4, -0.2) is 36.2 Å². The van der Waals surface area contributed by atoms with Crippen molar-refractivity contribution in [1.82, 2.24) is 4.72 Å². The van der Waals surface area contributed by atoms with Crippen molar-refractivity contribution in [3.63, 3.8) is 0 Å². The van der Waals surface area contributed by atoms with Gasteiger partial charge < -0.3 is 8.98 Å². The lowest BCUT2D eigenvalue weighted by Gasteiger charge is -2.32. The van der Waals surface area contributed by atoms with Crippen LogP contribution in [0.1, 0.15) is 34.6 Å². The fraction of sp³-hybridized carbons (Fsp3) is 1.00. The summed E-state index contributed by atoms with van der Waals surface area (Å²) in [5.41, 5.74) is 0. The molecule has 0 amide bonds. The molecule has 0 aromatic rings. The zero-order chi connectivity index (χ0) is 15.4. The number of nitrogens with one attached hydrogen (secondary N) is 1. The predicted molar refractivity (Wildman–Crippen MR) is 79.3 cm³/mol. The normalized spacial score (nSPS) is 17.1. The van der Waals surface area contributed by atoms with Crippen LogP contribution in [0, 0.1) is 0 Å². The standard InChI is InChI=1S/C12H27F2NO2SSi/c1-9(2)17-19(6,7)8-10(11(13)14)15-18(16)12(3,4)5/h9-11,15H,8H2,1-7H3/t10-,18-/m0/s1. The van der Waals surface area contributed by atoms with Crippen LogP contribution in [0.2, 0.25) is 19.1 Å². The molecule has 0 aliphatic carbocycles. The highest BCUT2D eigenvalue weighted by Gasteiger charge is 2.38. The van der Waals surface area contributed by atoms with E-state index in [1.54, 1.807) is 20.8 Å². The Bertz CT molecular complexity index is 273. The Morgan fingerprint density at radius 2 is 1.74 bits per heavy atom. The number of hydrogen-bond donors (Lipinski definition) is 1. The molecule has 0 radical (unpaired) electrons. The molecule has 0 aromatic heterocycles. The first-order valence-electron chi connectivity index (χ1n) is 6.49. The van der Waals surface area contributed by atoms with Gasteiger partial charge in [-0.05, 0) is 53.8 Å². The van der Waals surface area contributed by atoms with E-state index < -0.39 is 36.9 Å². The summed E-state index contributed by atoms with van der Waals surface area (Å²) >= 11 is -1.50. The van der Waals surface area contributed by atoms with Crippen molar-refractivity contribution >= 4 is 19.7 Å². The van der Waals surface area contributed by atoms with Crippen LogP contribution < -0.4 is 4.72 Å². The van der Waals surface area contributed by atoms with Gasteiger partial charge in [0, 0.05) is 17.5 Å². The molecule has 0 aliphatic rings. The van der Waals surface area contributed by atoms with Crippen molar-refractivity contribution in [2.75, 3.05) is 0 Å². The van der Waals surface area contributed by atoms with Crippen LogP contribution in [0.3, 0.4) is 0 Å². The predicted octanol–water partition coefficient (Wildman–Crippen LogP) is 3.30. The van der Waals surface area contributed by atoms with E-state index in [0.29, 0.717) is 0 Å². The second-order valence-electron chi connectivity index (χ2n) is 6.57. The number of rotatable bonds is 7. The average Bonchev–Trinajstić information content (AvgIpc) is 2.11. The molecule has 2 atom stereocenters. The largest absolute Gasteiger partial charge is 0.598 e. The van der Waals surface area contributed by atoms with Crippen LogP contribution in [0.15, 0.2) is 0 Å². The highest BCUT2D eigenvalue weighted by Crippen LogP contribution is 2.22. The van der Waals surface area contributed by atoms with Gasteiger partial charge in [0.05, 0.1) is 0 Å². The minimum Gasteiger partial charge on any atom is -0.598 e. The van der Waals surface area contributed by atoms with Gasteiger partial charge in [-0.25, -0.2) is 8.78 Å². The molecule has 0 saturated carbocycles. The molecule has 1 N–H and O–H groups in total. The van der Waals surface area contributed by atoms with Crippen LogP contribution in [-0.2, 0) is 15.8 Å². The molecule has 0 unspecified atom stereocenters. The van der Waals surface area contributed by atoms with E-state index in [1.807, 2.05) is 26.9 Å². The van der Waals surface area contributed by atoms with Crippen LogP contribution in [0.5, 0.6) is 0 Å². The van der Waals surface area contributed by atoms with Gasteiger partial charge in [-0.15, -0.1) is 4.72 Å². The van der Waals surface area contributed by atoms with E-state index in [0.717, 1.165) is 0 Å². The summed E-state index contributed by atoms with van der Waals surface area (Å²) in [4.78, 5) is 0.